The highest BCUT2D eigenvalue weighted by Crippen LogP contribution is 2.33. The zero-order valence-corrected chi connectivity index (χ0v) is 18.6. The normalized spacial score (nSPS) is 20.2. The van der Waals surface area contributed by atoms with Crippen molar-refractivity contribution < 1.29 is 23.5 Å². The Hall–Kier alpha value is -2.16. The molecule has 1 amide bonds. The smallest absolute Gasteiger partial charge is 0.261 e. The zero-order valence-electron chi connectivity index (χ0n) is 17.9. The van der Waals surface area contributed by atoms with Crippen molar-refractivity contribution in [2.24, 2.45) is 0 Å². The van der Waals surface area contributed by atoms with Gasteiger partial charge in [-0.15, -0.1) is 0 Å². The van der Waals surface area contributed by atoms with Crippen LogP contribution in [0.4, 0.5) is 0 Å². The molecule has 2 aliphatic heterocycles. The first-order valence-electron chi connectivity index (χ1n) is 10.7. The number of nitrogens with one attached hydrogen (secondary N) is 1. The lowest BCUT2D eigenvalue weighted by molar-refractivity contribution is -0.131. The van der Waals surface area contributed by atoms with Gasteiger partial charge in [0.05, 0.1) is 0 Å². The van der Waals surface area contributed by atoms with Crippen LogP contribution in [-0.4, -0.2) is 48.6 Å². The molecule has 2 aromatic rings. The van der Waals surface area contributed by atoms with Crippen LogP contribution in [0.1, 0.15) is 55.8 Å². The number of halogens is 1. The average Bonchev–Trinajstić information content (AvgIpc) is 3.29. The largest absolute Gasteiger partial charge is 0.481 e. The molecule has 0 spiro atoms. The van der Waals surface area contributed by atoms with Crippen LogP contribution in [0.2, 0.25) is 5.02 Å². The summed E-state index contributed by atoms with van der Waals surface area (Å²) in [6.07, 6.45) is 2.14. The summed E-state index contributed by atoms with van der Waals surface area (Å²) < 4.78 is 22.5. The molecule has 0 bridgehead atoms. The number of benzene rings is 1. The third-order valence-corrected chi connectivity index (χ3v) is 6.38. The quantitative estimate of drug-likeness (QED) is 0.720. The Labute approximate surface area is 186 Å². The second kappa shape index (κ2) is 9.54. The molecule has 1 atom stereocenters. The number of carbonyl (C=O) groups is 1. The molecule has 1 N–H and O–H groups in total. The van der Waals surface area contributed by atoms with E-state index < -0.39 is 11.6 Å². The van der Waals surface area contributed by atoms with Gasteiger partial charge in [-0.1, -0.05) is 16.8 Å². The molecule has 9 heteroatoms. The molecule has 8 nitrogen and oxygen atoms in total. The van der Waals surface area contributed by atoms with Crippen LogP contribution in [0.5, 0.6) is 5.75 Å². The second-order valence-corrected chi connectivity index (χ2v) is 8.61. The summed E-state index contributed by atoms with van der Waals surface area (Å²) in [5.74, 6) is 1.67. The third kappa shape index (κ3) is 5.02. The minimum atomic E-state index is -0.765. The molecule has 1 aromatic heterocycles. The SMILES string of the molecule is Cc1cc(O[C@@H](C)C(=O)NC2(c3nc(C4CCOCC4)no3)CCOCC2)ccc1Cl. The van der Waals surface area contributed by atoms with E-state index in [2.05, 4.69) is 15.5 Å². The molecule has 2 aliphatic rings. The molecule has 4 rings (SSSR count). The van der Waals surface area contributed by atoms with Crippen molar-refractivity contribution in [1.29, 1.82) is 0 Å². The lowest BCUT2D eigenvalue weighted by atomic mass is 9.89. The van der Waals surface area contributed by atoms with Gasteiger partial charge >= 0.3 is 0 Å². The van der Waals surface area contributed by atoms with Gasteiger partial charge < -0.3 is 24.1 Å². The molecule has 2 fully saturated rings. The third-order valence-electron chi connectivity index (χ3n) is 5.96. The van der Waals surface area contributed by atoms with Gasteiger partial charge in [0.2, 0.25) is 0 Å². The van der Waals surface area contributed by atoms with Crippen molar-refractivity contribution >= 4 is 17.5 Å². The van der Waals surface area contributed by atoms with Crippen molar-refractivity contribution in [1.82, 2.24) is 15.5 Å². The Morgan fingerprint density at radius 3 is 2.65 bits per heavy atom. The van der Waals surface area contributed by atoms with Crippen molar-refractivity contribution in [3.8, 4) is 5.75 Å². The predicted octanol–water partition coefficient (Wildman–Crippen LogP) is 3.51. The molecule has 168 valence electrons. The molecule has 0 saturated carbocycles. The number of aromatic nitrogens is 2. The molecular weight excluding hydrogens is 422 g/mol. The maximum atomic E-state index is 13.0. The fraction of sp³-hybridized carbons (Fsp3) is 0.591. The van der Waals surface area contributed by atoms with Crippen LogP contribution in [0, 0.1) is 6.92 Å². The number of nitrogens with zero attached hydrogens (tertiary/aromatic N) is 2. The lowest BCUT2D eigenvalue weighted by Gasteiger charge is -2.35. The van der Waals surface area contributed by atoms with Gasteiger partial charge in [-0.2, -0.15) is 4.98 Å². The zero-order chi connectivity index (χ0) is 21.8. The van der Waals surface area contributed by atoms with Crippen LogP contribution in [0.15, 0.2) is 22.7 Å². The highest BCUT2D eigenvalue weighted by atomic mass is 35.5. The maximum Gasteiger partial charge on any atom is 0.261 e. The van der Waals surface area contributed by atoms with Gasteiger partial charge in [0.1, 0.15) is 11.3 Å². The molecule has 0 aliphatic carbocycles. The average molecular weight is 450 g/mol. The molecule has 0 radical (unpaired) electrons. The number of amides is 1. The van der Waals surface area contributed by atoms with Gasteiger partial charge in [0, 0.05) is 50.2 Å². The molecule has 3 heterocycles. The van der Waals surface area contributed by atoms with E-state index in [4.69, 9.17) is 30.3 Å². The van der Waals surface area contributed by atoms with E-state index >= 15 is 0 Å². The van der Waals surface area contributed by atoms with E-state index in [1.54, 1.807) is 19.1 Å². The van der Waals surface area contributed by atoms with Crippen LogP contribution < -0.4 is 10.1 Å². The summed E-state index contributed by atoms with van der Waals surface area (Å²) in [6.45, 7) is 6.00. The number of aryl methyl sites for hydroxylation is 1. The highest BCUT2D eigenvalue weighted by molar-refractivity contribution is 6.31. The number of ether oxygens (including phenoxy) is 3. The van der Waals surface area contributed by atoms with E-state index in [1.165, 1.54) is 0 Å². The Morgan fingerprint density at radius 1 is 1.23 bits per heavy atom. The molecule has 1 aromatic carbocycles. The van der Waals surface area contributed by atoms with Crippen molar-refractivity contribution in [3.63, 3.8) is 0 Å². The highest BCUT2D eigenvalue weighted by Gasteiger charge is 2.42. The van der Waals surface area contributed by atoms with E-state index in [1.807, 2.05) is 13.0 Å². The van der Waals surface area contributed by atoms with Gasteiger partial charge in [0.25, 0.3) is 11.8 Å². The Bertz CT molecular complexity index is 906. The van der Waals surface area contributed by atoms with Gasteiger partial charge in [-0.25, -0.2) is 0 Å². The maximum absolute atomic E-state index is 13.0. The second-order valence-electron chi connectivity index (χ2n) is 8.20. The number of carbonyl (C=O) groups excluding carboxylic acids is 1. The van der Waals surface area contributed by atoms with Crippen LogP contribution >= 0.6 is 11.6 Å². The van der Waals surface area contributed by atoms with Crippen molar-refractivity contribution in [3.05, 3.63) is 40.5 Å². The van der Waals surface area contributed by atoms with E-state index in [0.717, 1.165) is 18.4 Å². The number of hydrogen-bond donors (Lipinski definition) is 1. The fourth-order valence-corrected chi connectivity index (χ4v) is 4.07. The Morgan fingerprint density at radius 2 is 1.94 bits per heavy atom. The van der Waals surface area contributed by atoms with Gasteiger partial charge in [0.15, 0.2) is 11.9 Å². The first kappa shape index (κ1) is 22.0. The summed E-state index contributed by atoms with van der Waals surface area (Å²) in [5.41, 5.74) is 0.124. The van der Waals surface area contributed by atoms with Crippen molar-refractivity contribution in [2.45, 2.75) is 57.1 Å². The fourth-order valence-electron chi connectivity index (χ4n) is 3.95. The van der Waals surface area contributed by atoms with E-state index in [-0.39, 0.29) is 11.8 Å². The first-order chi connectivity index (χ1) is 15.0. The molecule has 0 unspecified atom stereocenters. The van der Waals surface area contributed by atoms with Crippen molar-refractivity contribution in [2.75, 3.05) is 26.4 Å². The monoisotopic (exact) mass is 449 g/mol. The van der Waals surface area contributed by atoms with Crippen LogP contribution in [0.25, 0.3) is 0 Å². The van der Waals surface area contributed by atoms with Gasteiger partial charge in [-0.05, 0) is 50.5 Å². The lowest BCUT2D eigenvalue weighted by Crippen LogP contribution is -2.53. The van der Waals surface area contributed by atoms with E-state index in [9.17, 15) is 4.79 Å². The summed E-state index contributed by atoms with van der Waals surface area (Å²) in [7, 11) is 0. The first-order valence-corrected chi connectivity index (χ1v) is 11.1. The standard InChI is InChI=1S/C22H28ClN3O5/c1-14-13-17(3-4-18(14)23)30-15(2)20(27)25-22(7-11-29-12-8-22)21-24-19(26-31-21)16-5-9-28-10-6-16/h3-4,13,15-16H,5-12H2,1-2H3,(H,25,27)/t15-/m0/s1. The molecule has 2 saturated heterocycles. The van der Waals surface area contributed by atoms with Gasteiger partial charge in [-0.3, -0.25) is 4.79 Å². The number of hydrogen-bond acceptors (Lipinski definition) is 7. The summed E-state index contributed by atoms with van der Waals surface area (Å²) in [4.78, 5) is 17.7. The minimum absolute atomic E-state index is 0.217. The molecular formula is C22H28ClN3O5. The number of rotatable bonds is 6. The predicted molar refractivity (Wildman–Crippen MR) is 113 cm³/mol. The van der Waals surface area contributed by atoms with E-state index in [0.29, 0.717) is 61.8 Å². The van der Waals surface area contributed by atoms with Crippen LogP contribution in [0.3, 0.4) is 0 Å². The van der Waals surface area contributed by atoms with Crippen LogP contribution in [-0.2, 0) is 19.8 Å². The Balaban J connectivity index is 1.49. The summed E-state index contributed by atoms with van der Waals surface area (Å²) in [5, 5.41) is 8.00. The topological polar surface area (TPSA) is 95.7 Å². The minimum Gasteiger partial charge on any atom is -0.481 e. The summed E-state index contributed by atoms with van der Waals surface area (Å²) >= 11 is 6.08. The molecule has 31 heavy (non-hydrogen) atoms. The Kier molecular flexibility index (Phi) is 6.79. The summed E-state index contributed by atoms with van der Waals surface area (Å²) in [6, 6.07) is 5.32.